The smallest absolute Gasteiger partial charge is 0.407 e. The van der Waals surface area contributed by atoms with Crippen LogP contribution in [0.25, 0.3) is 33.9 Å². The summed E-state index contributed by atoms with van der Waals surface area (Å²) in [4.78, 5) is 22.1. The van der Waals surface area contributed by atoms with Crippen LogP contribution < -0.4 is 5.73 Å². The van der Waals surface area contributed by atoms with Gasteiger partial charge in [-0.1, -0.05) is 50.1 Å². The molecule has 186 valence electrons. The molecule has 1 aliphatic heterocycles. The summed E-state index contributed by atoms with van der Waals surface area (Å²) in [5, 5.41) is 14.2. The van der Waals surface area contributed by atoms with Gasteiger partial charge in [-0.2, -0.15) is 5.10 Å². The molecule has 4 heterocycles. The number of anilines is 1. The molecule has 2 atom stereocenters. The van der Waals surface area contributed by atoms with E-state index >= 15 is 0 Å². The number of unbranched alkanes of at least 4 members (excludes halogenated alkanes) is 1. The molecular formula is C27H30N6O3. The molecule has 1 aromatic carbocycles. The Kier molecular flexibility index (Phi) is 6.71. The van der Waals surface area contributed by atoms with Crippen molar-refractivity contribution in [2.75, 3.05) is 12.3 Å². The first-order chi connectivity index (χ1) is 17.5. The van der Waals surface area contributed by atoms with Crippen molar-refractivity contribution in [1.82, 2.24) is 24.6 Å². The molecule has 1 saturated heterocycles. The van der Waals surface area contributed by atoms with Crippen LogP contribution in [0.4, 0.5) is 10.6 Å². The first kappa shape index (κ1) is 23.6. The quantitative estimate of drug-likeness (QED) is 0.342. The molecule has 5 rings (SSSR count). The van der Waals surface area contributed by atoms with Crippen molar-refractivity contribution < 1.29 is 14.3 Å². The highest BCUT2D eigenvalue weighted by Crippen LogP contribution is 2.34. The molecule has 2 unspecified atom stereocenters. The number of carbonyl (C=O) groups is 1. The summed E-state index contributed by atoms with van der Waals surface area (Å²) in [6.45, 7) is 2.64. The van der Waals surface area contributed by atoms with Gasteiger partial charge in [0.1, 0.15) is 5.82 Å². The lowest BCUT2D eigenvalue weighted by molar-refractivity contribution is 0.0848. The summed E-state index contributed by atoms with van der Waals surface area (Å²) in [6, 6.07) is 11.9. The van der Waals surface area contributed by atoms with Crippen LogP contribution in [0.1, 0.15) is 45.1 Å². The predicted molar refractivity (Wildman–Crippen MR) is 137 cm³/mol. The van der Waals surface area contributed by atoms with Crippen LogP contribution in [0, 0.1) is 0 Å². The van der Waals surface area contributed by atoms with Crippen LogP contribution in [-0.4, -0.2) is 48.4 Å². The Morgan fingerprint density at radius 2 is 1.97 bits per heavy atom. The normalized spacial score (nSPS) is 17.9. The molecule has 0 saturated carbocycles. The van der Waals surface area contributed by atoms with Gasteiger partial charge < -0.3 is 20.2 Å². The van der Waals surface area contributed by atoms with Crippen molar-refractivity contribution in [1.29, 1.82) is 0 Å². The van der Waals surface area contributed by atoms with Crippen molar-refractivity contribution in [3.05, 3.63) is 61.2 Å². The van der Waals surface area contributed by atoms with Gasteiger partial charge >= 0.3 is 6.09 Å². The van der Waals surface area contributed by atoms with Gasteiger partial charge in [-0.3, -0.25) is 4.68 Å². The van der Waals surface area contributed by atoms with Crippen LogP contribution in [0.15, 0.2) is 65.6 Å². The number of amides is 1. The fourth-order valence-corrected chi connectivity index (χ4v) is 4.86. The second-order valence-electron chi connectivity index (χ2n) is 9.21. The third-order valence-electron chi connectivity index (χ3n) is 6.85. The third-order valence-corrected chi connectivity index (χ3v) is 6.85. The first-order valence-corrected chi connectivity index (χ1v) is 12.3. The number of aromatic nitrogens is 4. The highest BCUT2D eigenvalue weighted by molar-refractivity contribution is 5.75. The molecule has 0 spiro atoms. The van der Waals surface area contributed by atoms with Crippen LogP contribution in [0.2, 0.25) is 0 Å². The zero-order chi connectivity index (χ0) is 25.1. The summed E-state index contributed by atoms with van der Waals surface area (Å²) in [5.74, 6) is 1.41. The van der Waals surface area contributed by atoms with Crippen molar-refractivity contribution in [3.63, 3.8) is 0 Å². The minimum Gasteiger partial charge on any atom is -0.465 e. The van der Waals surface area contributed by atoms with E-state index in [4.69, 9.17) is 10.2 Å². The lowest BCUT2D eigenvalue weighted by Gasteiger charge is -2.38. The molecule has 4 aromatic rings. The number of hydrogen-bond acceptors (Lipinski definition) is 6. The maximum Gasteiger partial charge on any atom is 0.407 e. The number of likely N-dealkylation sites (tertiary alicyclic amines) is 1. The second kappa shape index (κ2) is 10.2. The lowest BCUT2D eigenvalue weighted by atomic mass is 9.94. The largest absolute Gasteiger partial charge is 0.465 e. The maximum absolute atomic E-state index is 11.7. The molecule has 1 fully saturated rings. The molecule has 9 nitrogen and oxygen atoms in total. The van der Waals surface area contributed by atoms with Crippen molar-refractivity contribution >= 4 is 11.9 Å². The molecule has 1 aliphatic rings. The predicted octanol–water partition coefficient (Wildman–Crippen LogP) is 5.72. The monoisotopic (exact) mass is 486 g/mol. The van der Waals surface area contributed by atoms with Crippen LogP contribution in [0.3, 0.4) is 0 Å². The van der Waals surface area contributed by atoms with E-state index in [9.17, 15) is 9.90 Å². The number of rotatable bonds is 7. The number of oxazole rings is 1. The van der Waals surface area contributed by atoms with E-state index in [1.807, 2.05) is 53.5 Å². The zero-order valence-corrected chi connectivity index (χ0v) is 20.2. The molecular weight excluding hydrogens is 456 g/mol. The first-order valence-electron chi connectivity index (χ1n) is 12.3. The summed E-state index contributed by atoms with van der Waals surface area (Å²) in [5.41, 5.74) is 9.50. The minimum atomic E-state index is -0.835. The second-order valence-corrected chi connectivity index (χ2v) is 9.21. The molecule has 9 heteroatoms. The molecule has 3 aromatic heterocycles. The van der Waals surface area contributed by atoms with E-state index in [0.29, 0.717) is 29.6 Å². The van der Waals surface area contributed by atoms with Gasteiger partial charge in [0, 0.05) is 41.7 Å². The van der Waals surface area contributed by atoms with Gasteiger partial charge in [-0.15, -0.1) is 0 Å². The average molecular weight is 487 g/mol. The Hall–Kier alpha value is -4.14. The van der Waals surface area contributed by atoms with Gasteiger partial charge in [0.05, 0.1) is 24.0 Å². The molecule has 36 heavy (non-hydrogen) atoms. The Labute approximate surface area is 209 Å². The number of carboxylic acid groups (broad SMARTS) is 1. The van der Waals surface area contributed by atoms with E-state index in [-0.39, 0.29) is 12.1 Å². The number of nitrogens with two attached hydrogens (primary N) is 1. The Balaban J connectivity index is 1.37. The summed E-state index contributed by atoms with van der Waals surface area (Å²) in [7, 11) is 0. The van der Waals surface area contributed by atoms with Gasteiger partial charge in [-0.25, -0.2) is 14.8 Å². The van der Waals surface area contributed by atoms with Crippen LogP contribution >= 0.6 is 0 Å². The van der Waals surface area contributed by atoms with Crippen LogP contribution in [0.5, 0.6) is 0 Å². The van der Waals surface area contributed by atoms with E-state index in [1.54, 1.807) is 17.3 Å². The fraction of sp³-hybridized carbons (Fsp3) is 0.333. The topological polar surface area (TPSA) is 123 Å². The SMILES string of the molecule is CCCCC1CC(n2cc(-c3cnc(N)c(-c4ncc(-c5ccccc5)o4)c3)cn2)CCN1C(=O)O. The summed E-state index contributed by atoms with van der Waals surface area (Å²) < 4.78 is 7.96. The number of nitrogens with zero attached hydrogens (tertiary/aromatic N) is 5. The van der Waals surface area contributed by atoms with Crippen LogP contribution in [-0.2, 0) is 0 Å². The van der Waals surface area contributed by atoms with E-state index < -0.39 is 6.09 Å². The molecule has 0 radical (unpaired) electrons. The Morgan fingerprint density at radius 1 is 1.14 bits per heavy atom. The Morgan fingerprint density at radius 3 is 2.75 bits per heavy atom. The van der Waals surface area contributed by atoms with Crippen molar-refractivity contribution in [3.8, 4) is 33.9 Å². The molecule has 0 bridgehead atoms. The van der Waals surface area contributed by atoms with Gasteiger partial charge in [0.2, 0.25) is 5.89 Å². The van der Waals surface area contributed by atoms with Gasteiger partial charge in [-0.05, 0) is 25.3 Å². The highest BCUT2D eigenvalue weighted by atomic mass is 16.4. The number of hydrogen-bond donors (Lipinski definition) is 2. The van der Waals surface area contributed by atoms with Crippen molar-refractivity contribution in [2.24, 2.45) is 0 Å². The zero-order valence-electron chi connectivity index (χ0n) is 20.2. The number of nitrogen functional groups attached to an aromatic ring is 1. The van der Waals surface area contributed by atoms with E-state index in [2.05, 4.69) is 22.0 Å². The number of benzene rings is 1. The van der Waals surface area contributed by atoms with E-state index in [1.165, 1.54) is 0 Å². The van der Waals surface area contributed by atoms with Gasteiger partial charge in [0.15, 0.2) is 5.76 Å². The maximum atomic E-state index is 11.7. The molecule has 0 aliphatic carbocycles. The summed E-state index contributed by atoms with van der Waals surface area (Å²) in [6.07, 6.45) is 10.8. The number of piperidine rings is 1. The fourth-order valence-electron chi connectivity index (χ4n) is 4.86. The van der Waals surface area contributed by atoms with E-state index in [0.717, 1.165) is 48.8 Å². The van der Waals surface area contributed by atoms with Crippen molar-refractivity contribution in [2.45, 2.75) is 51.1 Å². The standard InChI is InChI=1S/C27H30N6O3/c1-2-3-9-21-13-22(10-11-32(21)27(34)35)33-17-20(15-31-33)19-12-23(25(28)29-14-19)26-30-16-24(36-26)18-7-5-4-6-8-18/h4-8,12,14-17,21-22H,2-3,9-11,13H2,1H3,(H2,28,29)(H,34,35). The molecule has 3 N–H and O–H groups in total. The minimum absolute atomic E-state index is 0.0162. The number of pyridine rings is 1. The molecule has 1 amide bonds. The van der Waals surface area contributed by atoms with Gasteiger partial charge in [0.25, 0.3) is 0 Å². The Bertz CT molecular complexity index is 1330. The average Bonchev–Trinajstić information content (AvgIpc) is 3.59. The third kappa shape index (κ3) is 4.82. The highest BCUT2D eigenvalue weighted by Gasteiger charge is 2.32. The summed E-state index contributed by atoms with van der Waals surface area (Å²) >= 11 is 0. The lowest BCUT2D eigenvalue weighted by Crippen LogP contribution is -2.46.